The fraction of sp³-hybridized carbons (Fsp3) is 0.357. The monoisotopic (exact) mass is 288 g/mol. The molecule has 1 amide bonds. The molecule has 3 heterocycles. The molecule has 3 rings (SSSR count). The van der Waals surface area contributed by atoms with Crippen LogP contribution in [0.2, 0.25) is 0 Å². The topological polar surface area (TPSA) is 94.5 Å². The van der Waals surface area contributed by atoms with Crippen LogP contribution in [0.5, 0.6) is 0 Å². The highest BCUT2D eigenvalue weighted by atomic mass is 16.5. The third-order valence-electron chi connectivity index (χ3n) is 3.32. The fourth-order valence-electron chi connectivity index (χ4n) is 2.38. The van der Waals surface area contributed by atoms with Crippen molar-refractivity contribution in [3.8, 4) is 0 Å². The van der Waals surface area contributed by atoms with Crippen molar-refractivity contribution in [1.82, 2.24) is 14.9 Å². The number of carbonyl (C=O) groups excluding carboxylic acids is 1. The van der Waals surface area contributed by atoms with Crippen LogP contribution in [0, 0.1) is 6.92 Å². The molecule has 1 aliphatic rings. The van der Waals surface area contributed by atoms with Gasteiger partial charge in [0.2, 0.25) is 5.76 Å². The normalized spacial score (nSPS) is 18.7. The molecule has 0 aromatic carbocycles. The van der Waals surface area contributed by atoms with Gasteiger partial charge in [0.15, 0.2) is 6.39 Å². The van der Waals surface area contributed by atoms with E-state index in [-0.39, 0.29) is 17.8 Å². The van der Waals surface area contributed by atoms with E-state index in [1.165, 1.54) is 12.6 Å². The average molecular weight is 288 g/mol. The predicted octanol–water partition coefficient (Wildman–Crippen LogP) is 1.17. The second-order valence-electron chi connectivity index (χ2n) is 4.94. The summed E-state index contributed by atoms with van der Waals surface area (Å²) >= 11 is 0. The highest BCUT2D eigenvalue weighted by Crippen LogP contribution is 2.23. The summed E-state index contributed by atoms with van der Waals surface area (Å²) in [5.41, 5.74) is 8.04. The molecule has 1 aliphatic heterocycles. The molecule has 0 spiro atoms. The van der Waals surface area contributed by atoms with E-state index < -0.39 is 0 Å². The number of ether oxygens (including phenoxy) is 1. The summed E-state index contributed by atoms with van der Waals surface area (Å²) in [6, 6.07) is 3.57. The maximum atomic E-state index is 12.3. The highest BCUT2D eigenvalue weighted by molar-refractivity contribution is 5.91. The molecule has 21 heavy (non-hydrogen) atoms. The Kier molecular flexibility index (Phi) is 3.57. The summed E-state index contributed by atoms with van der Waals surface area (Å²) in [5.74, 6) is 0.0359. The van der Waals surface area contributed by atoms with Gasteiger partial charge in [0.1, 0.15) is 6.10 Å². The Morgan fingerprint density at radius 1 is 1.48 bits per heavy atom. The number of carbonyl (C=O) groups is 1. The SMILES string of the molecule is Cc1cc(N)cc(C2CN(C(=O)c3cnco3)CCO2)n1. The van der Waals surface area contributed by atoms with Crippen LogP contribution in [0.4, 0.5) is 5.69 Å². The number of aromatic nitrogens is 2. The first-order chi connectivity index (χ1) is 10.1. The molecular weight excluding hydrogens is 272 g/mol. The number of hydrogen-bond acceptors (Lipinski definition) is 6. The third-order valence-corrected chi connectivity index (χ3v) is 3.32. The molecule has 0 saturated carbocycles. The quantitative estimate of drug-likeness (QED) is 0.891. The summed E-state index contributed by atoms with van der Waals surface area (Å²) in [6.07, 6.45) is 2.37. The summed E-state index contributed by atoms with van der Waals surface area (Å²) in [5, 5.41) is 0. The molecule has 0 bridgehead atoms. The molecule has 1 atom stereocenters. The lowest BCUT2D eigenvalue weighted by atomic mass is 10.1. The minimum absolute atomic E-state index is 0.193. The molecule has 0 aliphatic carbocycles. The maximum absolute atomic E-state index is 12.3. The van der Waals surface area contributed by atoms with Crippen molar-refractivity contribution < 1.29 is 13.9 Å². The van der Waals surface area contributed by atoms with Crippen LogP contribution in [0.25, 0.3) is 0 Å². The first-order valence-electron chi connectivity index (χ1n) is 6.67. The lowest BCUT2D eigenvalue weighted by Crippen LogP contribution is -2.42. The number of morpholine rings is 1. The zero-order valence-corrected chi connectivity index (χ0v) is 11.7. The van der Waals surface area contributed by atoms with Gasteiger partial charge in [0, 0.05) is 17.9 Å². The van der Waals surface area contributed by atoms with Gasteiger partial charge in [-0.2, -0.15) is 0 Å². The van der Waals surface area contributed by atoms with Crippen molar-refractivity contribution in [3.05, 3.63) is 41.9 Å². The molecular formula is C14H16N4O3. The van der Waals surface area contributed by atoms with Gasteiger partial charge in [-0.3, -0.25) is 9.78 Å². The van der Waals surface area contributed by atoms with Crippen LogP contribution >= 0.6 is 0 Å². The van der Waals surface area contributed by atoms with Crippen LogP contribution < -0.4 is 5.73 Å². The fourth-order valence-corrected chi connectivity index (χ4v) is 2.38. The molecule has 7 nitrogen and oxygen atoms in total. The summed E-state index contributed by atoms with van der Waals surface area (Å²) in [4.78, 5) is 22.1. The van der Waals surface area contributed by atoms with Crippen LogP contribution in [-0.2, 0) is 4.74 Å². The molecule has 110 valence electrons. The number of amides is 1. The van der Waals surface area contributed by atoms with E-state index in [2.05, 4.69) is 9.97 Å². The van der Waals surface area contributed by atoms with E-state index in [1.807, 2.05) is 6.92 Å². The van der Waals surface area contributed by atoms with Gasteiger partial charge in [0.25, 0.3) is 5.91 Å². The second kappa shape index (κ2) is 5.53. The van der Waals surface area contributed by atoms with E-state index in [0.717, 1.165) is 11.4 Å². The van der Waals surface area contributed by atoms with E-state index in [0.29, 0.717) is 25.4 Å². The first kappa shape index (κ1) is 13.6. The first-order valence-corrected chi connectivity index (χ1v) is 6.67. The Morgan fingerprint density at radius 3 is 3.05 bits per heavy atom. The van der Waals surface area contributed by atoms with Crippen molar-refractivity contribution in [2.45, 2.75) is 13.0 Å². The number of pyridine rings is 1. The van der Waals surface area contributed by atoms with E-state index in [1.54, 1.807) is 17.0 Å². The van der Waals surface area contributed by atoms with Crippen LogP contribution in [0.3, 0.4) is 0 Å². The van der Waals surface area contributed by atoms with Crippen LogP contribution in [0.15, 0.2) is 29.1 Å². The zero-order valence-electron chi connectivity index (χ0n) is 11.7. The van der Waals surface area contributed by atoms with Crippen molar-refractivity contribution in [2.24, 2.45) is 0 Å². The van der Waals surface area contributed by atoms with E-state index in [9.17, 15) is 4.79 Å². The molecule has 1 saturated heterocycles. The predicted molar refractivity (Wildman–Crippen MR) is 74.5 cm³/mol. The van der Waals surface area contributed by atoms with E-state index >= 15 is 0 Å². The Hall–Kier alpha value is -2.41. The van der Waals surface area contributed by atoms with Gasteiger partial charge < -0.3 is 19.8 Å². The standard InChI is InChI=1S/C14H16N4O3/c1-9-4-10(15)5-11(17-9)13-7-18(2-3-20-13)14(19)12-6-16-8-21-12/h4-6,8,13H,2-3,7H2,1H3,(H2,15,17). The second-order valence-corrected chi connectivity index (χ2v) is 4.94. The number of oxazole rings is 1. The minimum Gasteiger partial charge on any atom is -0.438 e. The summed E-state index contributed by atoms with van der Waals surface area (Å²) in [7, 11) is 0. The highest BCUT2D eigenvalue weighted by Gasteiger charge is 2.28. The largest absolute Gasteiger partial charge is 0.438 e. The van der Waals surface area contributed by atoms with Gasteiger partial charge in [-0.25, -0.2) is 4.98 Å². The maximum Gasteiger partial charge on any atom is 0.291 e. The van der Waals surface area contributed by atoms with Crippen LogP contribution in [-0.4, -0.2) is 40.5 Å². The van der Waals surface area contributed by atoms with Gasteiger partial charge in [-0.05, 0) is 19.1 Å². The minimum atomic E-state index is -0.284. The number of hydrogen-bond donors (Lipinski definition) is 1. The van der Waals surface area contributed by atoms with Crippen molar-refractivity contribution in [2.75, 3.05) is 25.4 Å². The lowest BCUT2D eigenvalue weighted by molar-refractivity contribution is -0.0256. The smallest absolute Gasteiger partial charge is 0.291 e. The van der Waals surface area contributed by atoms with Gasteiger partial charge >= 0.3 is 0 Å². The van der Waals surface area contributed by atoms with Crippen molar-refractivity contribution in [1.29, 1.82) is 0 Å². The van der Waals surface area contributed by atoms with Crippen molar-refractivity contribution >= 4 is 11.6 Å². The van der Waals surface area contributed by atoms with Gasteiger partial charge in [-0.15, -0.1) is 0 Å². The Morgan fingerprint density at radius 2 is 2.33 bits per heavy atom. The van der Waals surface area contributed by atoms with Gasteiger partial charge in [0.05, 0.1) is 25.0 Å². The number of nitrogens with two attached hydrogens (primary N) is 1. The Balaban J connectivity index is 1.78. The number of rotatable bonds is 2. The molecule has 2 aromatic heterocycles. The van der Waals surface area contributed by atoms with Crippen LogP contribution in [0.1, 0.15) is 28.0 Å². The lowest BCUT2D eigenvalue weighted by Gasteiger charge is -2.32. The van der Waals surface area contributed by atoms with Crippen molar-refractivity contribution in [3.63, 3.8) is 0 Å². The number of nitrogens with zero attached hydrogens (tertiary/aromatic N) is 3. The number of nitrogen functional groups attached to an aromatic ring is 1. The summed E-state index contributed by atoms with van der Waals surface area (Å²) in [6.45, 7) is 3.24. The molecule has 1 fully saturated rings. The summed E-state index contributed by atoms with van der Waals surface area (Å²) < 4.78 is 10.8. The number of aryl methyl sites for hydroxylation is 1. The molecule has 1 unspecified atom stereocenters. The molecule has 7 heteroatoms. The average Bonchev–Trinajstić information content (AvgIpc) is 3.00. The Labute approximate surface area is 121 Å². The third kappa shape index (κ3) is 2.87. The molecule has 2 aromatic rings. The Bertz CT molecular complexity index is 621. The zero-order chi connectivity index (χ0) is 14.8. The van der Waals surface area contributed by atoms with E-state index in [4.69, 9.17) is 14.9 Å². The molecule has 2 N–H and O–H groups in total. The molecule has 0 radical (unpaired) electrons. The number of anilines is 1. The van der Waals surface area contributed by atoms with Gasteiger partial charge in [-0.1, -0.05) is 0 Å².